The number of halogens is 1. The van der Waals surface area contributed by atoms with Crippen molar-refractivity contribution >= 4 is 17.9 Å². The normalized spacial score (nSPS) is 16.0. The molecule has 9 nitrogen and oxygen atoms in total. The van der Waals surface area contributed by atoms with Crippen LogP contribution >= 0.6 is 0 Å². The van der Waals surface area contributed by atoms with Crippen LogP contribution in [0.2, 0.25) is 0 Å². The van der Waals surface area contributed by atoms with Crippen LogP contribution in [0.4, 0.5) is 21.0 Å². The summed E-state index contributed by atoms with van der Waals surface area (Å²) < 4.78 is 22.7. The molecular weight excluding hydrogens is 425 g/mol. The quantitative estimate of drug-likeness (QED) is 0.562. The van der Waals surface area contributed by atoms with Crippen molar-refractivity contribution in [3.05, 3.63) is 47.7 Å². The van der Waals surface area contributed by atoms with Gasteiger partial charge in [0.15, 0.2) is 11.6 Å². The third kappa shape index (κ3) is 5.44. The van der Waals surface area contributed by atoms with E-state index in [9.17, 15) is 4.79 Å². The maximum Gasteiger partial charge on any atom is 0.408 e. The highest BCUT2D eigenvalue weighted by Crippen LogP contribution is 2.34. The summed E-state index contributed by atoms with van der Waals surface area (Å²) in [7, 11) is 1.81. The fourth-order valence-corrected chi connectivity index (χ4v) is 3.88. The van der Waals surface area contributed by atoms with E-state index in [0.29, 0.717) is 17.8 Å². The number of aryl methyl sites for hydroxylation is 1. The van der Waals surface area contributed by atoms with Gasteiger partial charge in [-0.2, -0.15) is 10.1 Å². The van der Waals surface area contributed by atoms with Crippen LogP contribution in [0.3, 0.4) is 0 Å². The average molecular weight is 454 g/mol. The average Bonchev–Trinajstić information content (AvgIpc) is 3.02. The Bertz CT molecular complexity index is 1160. The number of nitrogens with zero attached hydrogens (tertiary/aromatic N) is 5. The molecule has 0 bridgehead atoms. The van der Waals surface area contributed by atoms with E-state index >= 15 is 4.39 Å². The largest absolute Gasteiger partial charge is 0.444 e. The molecule has 0 spiro atoms. The van der Waals surface area contributed by atoms with Crippen molar-refractivity contribution in [2.45, 2.75) is 58.1 Å². The van der Waals surface area contributed by atoms with Gasteiger partial charge < -0.3 is 15.4 Å². The predicted octanol–water partition coefficient (Wildman–Crippen LogP) is 4.45. The highest BCUT2D eigenvalue weighted by atomic mass is 19.1. The Labute approximate surface area is 191 Å². The molecule has 0 saturated carbocycles. The number of carbonyl (C=O) groups is 1. The topological polar surface area (TPSA) is 107 Å². The van der Waals surface area contributed by atoms with E-state index in [0.717, 1.165) is 24.8 Å². The summed E-state index contributed by atoms with van der Waals surface area (Å²) in [6.07, 6.45) is 5.61. The summed E-state index contributed by atoms with van der Waals surface area (Å²) in [5, 5.41) is 10.1. The van der Waals surface area contributed by atoms with Gasteiger partial charge >= 0.3 is 6.09 Å². The second-order valence-electron chi connectivity index (χ2n) is 9.07. The summed E-state index contributed by atoms with van der Waals surface area (Å²) in [4.78, 5) is 25.0. The van der Waals surface area contributed by atoms with Gasteiger partial charge in [0.05, 0.1) is 11.6 Å². The number of aromatic nitrogens is 5. The highest BCUT2D eigenvalue weighted by molar-refractivity contribution is 5.69. The molecule has 2 aromatic heterocycles. The van der Waals surface area contributed by atoms with Crippen molar-refractivity contribution in [3.63, 3.8) is 0 Å². The molecule has 1 aromatic carbocycles. The number of amides is 1. The van der Waals surface area contributed by atoms with Gasteiger partial charge in [0.25, 0.3) is 0 Å². The number of hydrogen-bond donors (Lipinski definition) is 2. The Morgan fingerprint density at radius 2 is 2.03 bits per heavy atom. The highest BCUT2D eigenvalue weighted by Gasteiger charge is 2.27. The van der Waals surface area contributed by atoms with Gasteiger partial charge in [0.2, 0.25) is 5.95 Å². The zero-order chi connectivity index (χ0) is 23.6. The van der Waals surface area contributed by atoms with E-state index in [4.69, 9.17) is 4.74 Å². The zero-order valence-electron chi connectivity index (χ0n) is 19.2. The van der Waals surface area contributed by atoms with Crippen molar-refractivity contribution in [2.24, 2.45) is 7.05 Å². The molecule has 0 unspecified atom stereocenters. The van der Waals surface area contributed by atoms with E-state index in [1.54, 1.807) is 30.1 Å². The van der Waals surface area contributed by atoms with Gasteiger partial charge in [-0.3, -0.25) is 4.68 Å². The van der Waals surface area contributed by atoms with E-state index in [1.165, 1.54) is 6.33 Å². The molecule has 1 amide bonds. The summed E-state index contributed by atoms with van der Waals surface area (Å²) in [5.74, 6) is 0.704. The van der Waals surface area contributed by atoms with Crippen molar-refractivity contribution in [3.8, 4) is 11.4 Å². The van der Waals surface area contributed by atoms with E-state index in [1.807, 2.05) is 26.8 Å². The third-order valence-corrected chi connectivity index (χ3v) is 5.28. The van der Waals surface area contributed by atoms with Crippen molar-refractivity contribution < 1.29 is 13.9 Å². The van der Waals surface area contributed by atoms with Crippen LogP contribution in [0.5, 0.6) is 0 Å². The van der Waals surface area contributed by atoms with E-state index in [-0.39, 0.29) is 29.2 Å². The minimum Gasteiger partial charge on any atom is -0.444 e. The van der Waals surface area contributed by atoms with Crippen LogP contribution in [0.1, 0.15) is 57.2 Å². The number of nitrogens with one attached hydrogen (secondary N) is 2. The lowest BCUT2D eigenvalue weighted by Crippen LogP contribution is -2.35. The van der Waals surface area contributed by atoms with Gasteiger partial charge in [-0.25, -0.2) is 19.2 Å². The Morgan fingerprint density at radius 3 is 2.76 bits per heavy atom. The molecule has 10 heteroatoms. The number of fused-ring (bicyclic) bond motifs is 1. The molecule has 0 fully saturated rings. The molecule has 0 aliphatic heterocycles. The monoisotopic (exact) mass is 453 g/mol. The second-order valence-corrected chi connectivity index (χ2v) is 9.07. The van der Waals surface area contributed by atoms with Crippen LogP contribution in [-0.2, 0) is 18.2 Å². The first-order valence-corrected chi connectivity index (χ1v) is 11.0. The molecule has 3 aromatic rings. The molecule has 33 heavy (non-hydrogen) atoms. The first kappa shape index (κ1) is 22.6. The molecule has 2 heterocycles. The SMILES string of the molecule is Cn1ccc(Nc2ncnc(-c3ccc4c(c3F)CCCC[C@H]4NC(=O)OC(C)(C)C)n2)n1. The smallest absolute Gasteiger partial charge is 0.408 e. The van der Waals surface area contributed by atoms with Crippen molar-refractivity contribution in [2.75, 3.05) is 5.32 Å². The van der Waals surface area contributed by atoms with E-state index in [2.05, 4.69) is 30.7 Å². The molecule has 1 aliphatic rings. The maximum atomic E-state index is 15.7. The minimum atomic E-state index is -0.605. The summed E-state index contributed by atoms with van der Waals surface area (Å²) in [6.45, 7) is 5.43. The summed E-state index contributed by atoms with van der Waals surface area (Å²) in [6, 6.07) is 4.96. The van der Waals surface area contributed by atoms with Gasteiger partial charge in [-0.05, 0) is 57.2 Å². The molecule has 174 valence electrons. The van der Waals surface area contributed by atoms with Crippen LogP contribution in [0.15, 0.2) is 30.7 Å². The Balaban J connectivity index is 1.61. The predicted molar refractivity (Wildman–Crippen MR) is 121 cm³/mol. The Kier molecular flexibility index (Phi) is 6.26. The van der Waals surface area contributed by atoms with Crippen LogP contribution in [-0.4, -0.2) is 36.4 Å². The Morgan fingerprint density at radius 1 is 1.21 bits per heavy atom. The molecule has 1 aliphatic carbocycles. The summed E-state index contributed by atoms with van der Waals surface area (Å²) >= 11 is 0. The number of rotatable bonds is 4. The minimum absolute atomic E-state index is 0.227. The van der Waals surface area contributed by atoms with Crippen molar-refractivity contribution in [1.82, 2.24) is 30.0 Å². The van der Waals surface area contributed by atoms with Crippen molar-refractivity contribution in [1.29, 1.82) is 0 Å². The number of ether oxygens (including phenoxy) is 1. The van der Waals surface area contributed by atoms with Crippen LogP contribution in [0, 0.1) is 5.82 Å². The molecule has 4 rings (SSSR count). The lowest BCUT2D eigenvalue weighted by Gasteiger charge is -2.24. The van der Waals surface area contributed by atoms with Crippen LogP contribution in [0.25, 0.3) is 11.4 Å². The van der Waals surface area contributed by atoms with E-state index < -0.39 is 11.7 Å². The Hall–Kier alpha value is -3.56. The molecule has 1 atom stereocenters. The molecule has 2 N–H and O–H groups in total. The fourth-order valence-electron chi connectivity index (χ4n) is 3.88. The molecule has 0 saturated heterocycles. The zero-order valence-corrected chi connectivity index (χ0v) is 19.2. The van der Waals surface area contributed by atoms with Gasteiger partial charge in [-0.1, -0.05) is 12.5 Å². The first-order chi connectivity index (χ1) is 15.7. The van der Waals surface area contributed by atoms with Gasteiger partial charge in [0, 0.05) is 19.3 Å². The maximum absolute atomic E-state index is 15.7. The standard InChI is InChI=1S/C23H28FN7O2/c1-23(2,3)33-22(32)27-17-8-6-5-7-15-14(17)9-10-16(19(15)24)20-25-13-26-21(29-20)28-18-11-12-31(4)30-18/h9-13,17H,5-8H2,1-4H3,(H,27,32)(H,25,26,28,29,30)/t17-/m1/s1. The molecular formula is C23H28FN7O2. The van der Waals surface area contributed by atoms with Gasteiger partial charge in [-0.15, -0.1) is 0 Å². The second kappa shape index (κ2) is 9.13. The first-order valence-electron chi connectivity index (χ1n) is 11.0. The number of hydrogen-bond acceptors (Lipinski definition) is 7. The number of benzene rings is 1. The lowest BCUT2D eigenvalue weighted by atomic mass is 9.95. The number of carbonyl (C=O) groups excluding carboxylic acids is 1. The van der Waals surface area contributed by atoms with Gasteiger partial charge in [0.1, 0.15) is 17.7 Å². The number of alkyl carbamates (subject to hydrolysis) is 1. The lowest BCUT2D eigenvalue weighted by molar-refractivity contribution is 0.0501. The van der Waals surface area contributed by atoms with Crippen LogP contribution < -0.4 is 10.6 Å². The number of anilines is 2. The molecule has 0 radical (unpaired) electrons. The fraction of sp³-hybridized carbons (Fsp3) is 0.435. The third-order valence-electron chi connectivity index (χ3n) is 5.28. The summed E-state index contributed by atoms with van der Waals surface area (Å²) in [5.41, 5.74) is 1.02.